The highest BCUT2D eigenvalue weighted by Gasteiger charge is 2.09. The van der Waals surface area contributed by atoms with E-state index in [-0.39, 0.29) is 12.6 Å². The largest absolute Gasteiger partial charge is 0.391 e. The zero-order chi connectivity index (χ0) is 15.1. The summed E-state index contributed by atoms with van der Waals surface area (Å²) in [6.45, 7) is 4.41. The number of ether oxygens (including phenoxy) is 1. The predicted octanol–water partition coefficient (Wildman–Crippen LogP) is 2.48. The molecule has 0 radical (unpaired) electrons. The van der Waals surface area contributed by atoms with Crippen molar-refractivity contribution >= 4 is 23.3 Å². The first kappa shape index (κ1) is 16.8. The van der Waals surface area contributed by atoms with Crippen molar-refractivity contribution in [3.8, 4) is 0 Å². The maximum Gasteiger partial charge on any atom is 0.319 e. The van der Waals surface area contributed by atoms with Gasteiger partial charge >= 0.3 is 6.03 Å². The number of benzene rings is 1. The Morgan fingerprint density at radius 3 is 2.55 bits per heavy atom. The Morgan fingerprint density at radius 2 is 2.00 bits per heavy atom. The minimum Gasteiger partial charge on any atom is -0.391 e. The number of halogens is 1. The van der Waals surface area contributed by atoms with Crippen molar-refractivity contribution < 1.29 is 14.6 Å². The number of aliphatic hydroxyl groups excluding tert-OH is 1. The van der Waals surface area contributed by atoms with Crippen LogP contribution in [0.15, 0.2) is 12.1 Å². The average molecular weight is 301 g/mol. The lowest BCUT2D eigenvalue weighted by molar-refractivity contribution is 0.0599. The molecule has 0 fully saturated rings. The number of urea groups is 1. The number of nitrogens with one attached hydrogen (secondary N) is 2. The van der Waals surface area contributed by atoms with Crippen LogP contribution in [0.25, 0.3) is 0 Å². The second-order valence-corrected chi connectivity index (χ2v) is 5.13. The number of aryl methyl sites for hydroxylation is 2. The maximum atomic E-state index is 11.8. The summed E-state index contributed by atoms with van der Waals surface area (Å²) < 4.78 is 4.81. The first-order chi connectivity index (χ1) is 9.43. The topological polar surface area (TPSA) is 70.6 Å². The lowest BCUT2D eigenvalue weighted by Crippen LogP contribution is -2.32. The van der Waals surface area contributed by atoms with Gasteiger partial charge in [0.1, 0.15) is 0 Å². The molecule has 1 aromatic rings. The summed E-state index contributed by atoms with van der Waals surface area (Å²) in [6.07, 6.45) is -0.126. The molecule has 0 spiro atoms. The Hall–Kier alpha value is -1.30. The van der Waals surface area contributed by atoms with E-state index in [9.17, 15) is 9.90 Å². The van der Waals surface area contributed by atoms with Crippen molar-refractivity contribution in [2.24, 2.45) is 0 Å². The van der Waals surface area contributed by atoms with Crippen LogP contribution in [0.1, 0.15) is 17.5 Å². The number of rotatable bonds is 6. The van der Waals surface area contributed by atoms with E-state index in [1.807, 2.05) is 13.8 Å². The van der Waals surface area contributed by atoms with Gasteiger partial charge in [-0.15, -0.1) is 0 Å². The van der Waals surface area contributed by atoms with E-state index >= 15 is 0 Å². The number of methoxy groups -OCH3 is 1. The molecule has 6 heteroatoms. The van der Waals surface area contributed by atoms with E-state index in [1.54, 1.807) is 12.1 Å². The second-order valence-electron chi connectivity index (χ2n) is 4.69. The van der Waals surface area contributed by atoms with Crippen molar-refractivity contribution in [3.05, 3.63) is 28.3 Å². The first-order valence-electron chi connectivity index (χ1n) is 6.42. The molecule has 0 saturated carbocycles. The fourth-order valence-corrected chi connectivity index (χ4v) is 2.22. The number of anilines is 1. The third-order valence-corrected chi connectivity index (χ3v) is 3.08. The molecular formula is C14H21ClN2O3. The number of aliphatic hydroxyl groups is 1. The Kier molecular flexibility index (Phi) is 6.78. The zero-order valence-corrected chi connectivity index (χ0v) is 12.8. The van der Waals surface area contributed by atoms with Gasteiger partial charge in [-0.2, -0.15) is 0 Å². The molecule has 1 atom stereocenters. The van der Waals surface area contributed by atoms with Gasteiger partial charge in [0.25, 0.3) is 0 Å². The third-order valence-electron chi connectivity index (χ3n) is 2.86. The van der Waals surface area contributed by atoms with E-state index in [4.69, 9.17) is 16.3 Å². The highest BCUT2D eigenvalue weighted by atomic mass is 35.5. The highest BCUT2D eigenvalue weighted by molar-refractivity contribution is 6.30. The Balaban J connectivity index is 2.47. The van der Waals surface area contributed by atoms with Crippen LogP contribution >= 0.6 is 11.6 Å². The van der Waals surface area contributed by atoms with Crippen molar-refractivity contribution in [1.29, 1.82) is 0 Å². The maximum absolute atomic E-state index is 11.8. The minimum absolute atomic E-state index is 0.263. The van der Waals surface area contributed by atoms with Gasteiger partial charge < -0.3 is 20.5 Å². The van der Waals surface area contributed by atoms with E-state index in [2.05, 4.69) is 10.6 Å². The van der Waals surface area contributed by atoms with Crippen molar-refractivity contribution in [2.45, 2.75) is 26.4 Å². The molecule has 2 amide bonds. The summed E-state index contributed by atoms with van der Waals surface area (Å²) >= 11 is 5.94. The fourth-order valence-electron chi connectivity index (χ4n) is 1.89. The molecule has 0 aliphatic heterocycles. The molecule has 0 aromatic heterocycles. The van der Waals surface area contributed by atoms with Crippen LogP contribution in [0.2, 0.25) is 5.02 Å². The van der Waals surface area contributed by atoms with Crippen molar-refractivity contribution in [2.75, 3.05) is 25.6 Å². The monoisotopic (exact) mass is 300 g/mol. The van der Waals surface area contributed by atoms with Gasteiger partial charge in [0.2, 0.25) is 0 Å². The molecule has 5 nitrogen and oxygen atoms in total. The first-order valence-corrected chi connectivity index (χ1v) is 6.80. The van der Waals surface area contributed by atoms with Gasteiger partial charge in [0.05, 0.1) is 12.7 Å². The molecule has 0 heterocycles. The minimum atomic E-state index is -0.570. The fraction of sp³-hybridized carbons (Fsp3) is 0.500. The van der Waals surface area contributed by atoms with Crippen molar-refractivity contribution in [1.82, 2.24) is 5.32 Å². The standard InChI is InChI=1S/C14H21ClN2O3/c1-9-6-11(15)7-10(2)13(9)17-14(19)16-5-4-12(18)8-20-3/h6-7,12,18H,4-5,8H2,1-3H3,(H2,16,17,19). The van der Waals surface area contributed by atoms with Crippen LogP contribution in [-0.4, -0.2) is 37.5 Å². The molecule has 1 unspecified atom stereocenters. The second kappa shape index (κ2) is 8.09. The number of hydrogen-bond donors (Lipinski definition) is 3. The lowest BCUT2D eigenvalue weighted by Gasteiger charge is -2.14. The van der Waals surface area contributed by atoms with Gasteiger partial charge in [0.15, 0.2) is 0 Å². The number of carbonyl (C=O) groups excluding carboxylic acids is 1. The number of hydrogen-bond acceptors (Lipinski definition) is 3. The van der Waals surface area contributed by atoms with Gasteiger partial charge in [-0.3, -0.25) is 0 Å². The SMILES string of the molecule is COCC(O)CCNC(=O)Nc1c(C)cc(Cl)cc1C. The summed E-state index contributed by atoms with van der Waals surface area (Å²) in [4.78, 5) is 11.8. The summed E-state index contributed by atoms with van der Waals surface area (Å²) in [6, 6.07) is 3.29. The summed E-state index contributed by atoms with van der Waals surface area (Å²) in [5.74, 6) is 0. The lowest BCUT2D eigenvalue weighted by atomic mass is 10.1. The molecule has 1 rings (SSSR count). The molecule has 112 valence electrons. The zero-order valence-electron chi connectivity index (χ0n) is 12.0. The smallest absolute Gasteiger partial charge is 0.319 e. The molecule has 0 bridgehead atoms. The van der Waals surface area contributed by atoms with Gasteiger partial charge in [-0.1, -0.05) is 11.6 Å². The Morgan fingerprint density at radius 1 is 1.40 bits per heavy atom. The molecule has 0 aliphatic rings. The van der Waals surface area contributed by atoms with Gasteiger partial charge in [0, 0.05) is 24.4 Å². The number of amides is 2. The highest BCUT2D eigenvalue weighted by Crippen LogP contribution is 2.24. The van der Waals surface area contributed by atoms with E-state index in [0.29, 0.717) is 18.0 Å². The molecule has 0 aliphatic carbocycles. The van der Waals surface area contributed by atoms with E-state index < -0.39 is 6.10 Å². The molecule has 20 heavy (non-hydrogen) atoms. The third kappa shape index (κ3) is 5.36. The van der Waals surface area contributed by atoms with Crippen LogP contribution in [0.4, 0.5) is 10.5 Å². The summed E-state index contributed by atoms with van der Waals surface area (Å²) in [5, 5.41) is 15.6. The molecule has 0 saturated heterocycles. The van der Waals surface area contributed by atoms with E-state index in [1.165, 1.54) is 7.11 Å². The van der Waals surface area contributed by atoms with Crippen molar-refractivity contribution in [3.63, 3.8) is 0 Å². The average Bonchev–Trinajstić information content (AvgIpc) is 2.34. The molecule has 3 N–H and O–H groups in total. The van der Waals surface area contributed by atoms with Crippen LogP contribution < -0.4 is 10.6 Å². The Labute approximate surface area is 124 Å². The van der Waals surface area contributed by atoms with Crippen LogP contribution in [0, 0.1) is 13.8 Å². The van der Waals surface area contributed by atoms with Gasteiger partial charge in [-0.05, 0) is 43.5 Å². The predicted molar refractivity (Wildman–Crippen MR) is 80.4 cm³/mol. The summed E-state index contributed by atoms with van der Waals surface area (Å²) in [5.41, 5.74) is 2.57. The normalized spacial score (nSPS) is 12.1. The quantitative estimate of drug-likeness (QED) is 0.756. The van der Waals surface area contributed by atoms with Crippen LogP contribution in [0.3, 0.4) is 0 Å². The number of carbonyl (C=O) groups is 1. The summed E-state index contributed by atoms with van der Waals surface area (Å²) in [7, 11) is 1.52. The van der Waals surface area contributed by atoms with E-state index in [0.717, 1.165) is 16.8 Å². The Bertz CT molecular complexity index is 443. The van der Waals surface area contributed by atoms with Crippen LogP contribution in [0.5, 0.6) is 0 Å². The molecule has 1 aromatic carbocycles. The molecular weight excluding hydrogens is 280 g/mol. The van der Waals surface area contributed by atoms with Gasteiger partial charge in [-0.25, -0.2) is 4.79 Å². The van der Waals surface area contributed by atoms with Crippen LogP contribution in [-0.2, 0) is 4.74 Å².